The fourth-order valence-electron chi connectivity index (χ4n) is 2.49. The second-order valence-electron chi connectivity index (χ2n) is 4.50. The average Bonchev–Trinajstić information content (AvgIpc) is 2.74. The second kappa shape index (κ2) is 5.37. The van der Waals surface area contributed by atoms with Crippen molar-refractivity contribution in [2.24, 2.45) is 0 Å². The third-order valence-electron chi connectivity index (χ3n) is 3.36. The van der Waals surface area contributed by atoms with Crippen LogP contribution in [0.25, 0.3) is 0 Å². The number of fused-ring (bicyclic) bond motifs is 1. The summed E-state index contributed by atoms with van der Waals surface area (Å²) in [5.41, 5.74) is 5.45. The standard InChI is InChI=1S/C14H16N2.ClH/c1-2-6-11(7-3-1)10-14-12-8-4-5-9-13(12)15-16-14;/h1-3,6-7H,4-5,8-10H2,(H,15,16);1H. The number of benzene rings is 1. The van der Waals surface area contributed by atoms with Gasteiger partial charge in [-0.15, -0.1) is 12.4 Å². The third-order valence-corrected chi connectivity index (χ3v) is 3.36. The molecule has 1 N–H and O–H groups in total. The third kappa shape index (κ3) is 2.52. The van der Waals surface area contributed by atoms with Crippen LogP contribution in [0, 0.1) is 0 Å². The van der Waals surface area contributed by atoms with E-state index in [1.807, 2.05) is 0 Å². The minimum atomic E-state index is 0. The quantitative estimate of drug-likeness (QED) is 0.868. The molecule has 17 heavy (non-hydrogen) atoms. The van der Waals surface area contributed by atoms with Gasteiger partial charge in [-0.05, 0) is 36.8 Å². The van der Waals surface area contributed by atoms with Crippen molar-refractivity contribution in [1.29, 1.82) is 0 Å². The zero-order chi connectivity index (χ0) is 10.8. The van der Waals surface area contributed by atoms with Crippen LogP contribution in [0.1, 0.15) is 35.4 Å². The van der Waals surface area contributed by atoms with Crippen LogP contribution in [-0.2, 0) is 19.3 Å². The molecule has 0 saturated heterocycles. The molecule has 0 radical (unpaired) electrons. The minimum absolute atomic E-state index is 0. The highest BCUT2D eigenvalue weighted by Gasteiger charge is 2.16. The number of hydrogen-bond donors (Lipinski definition) is 1. The van der Waals surface area contributed by atoms with E-state index < -0.39 is 0 Å². The number of nitrogens with zero attached hydrogens (tertiary/aromatic N) is 1. The van der Waals surface area contributed by atoms with Crippen LogP contribution in [0.15, 0.2) is 30.3 Å². The number of nitrogens with one attached hydrogen (secondary N) is 1. The lowest BCUT2D eigenvalue weighted by molar-refractivity contribution is 0.673. The van der Waals surface area contributed by atoms with Gasteiger partial charge in [0.05, 0.1) is 5.69 Å². The first kappa shape index (κ1) is 12.2. The van der Waals surface area contributed by atoms with E-state index in [2.05, 4.69) is 40.5 Å². The van der Waals surface area contributed by atoms with Gasteiger partial charge in [-0.1, -0.05) is 30.3 Å². The minimum Gasteiger partial charge on any atom is -0.282 e. The summed E-state index contributed by atoms with van der Waals surface area (Å²) < 4.78 is 0. The normalized spacial score (nSPS) is 13.9. The zero-order valence-electron chi connectivity index (χ0n) is 9.78. The van der Waals surface area contributed by atoms with E-state index in [9.17, 15) is 0 Å². The van der Waals surface area contributed by atoms with E-state index in [4.69, 9.17) is 0 Å². The lowest BCUT2D eigenvalue weighted by Crippen LogP contribution is -2.02. The Morgan fingerprint density at radius 3 is 2.65 bits per heavy atom. The Labute approximate surface area is 108 Å². The molecule has 1 aliphatic carbocycles. The molecule has 90 valence electrons. The van der Waals surface area contributed by atoms with Crippen LogP contribution >= 0.6 is 12.4 Å². The number of H-pyrrole nitrogens is 1. The lowest BCUT2D eigenvalue weighted by atomic mass is 9.94. The molecule has 3 heteroatoms. The molecule has 1 heterocycles. The predicted octanol–water partition coefficient (Wildman–Crippen LogP) is 3.30. The van der Waals surface area contributed by atoms with E-state index in [0.29, 0.717) is 0 Å². The molecule has 1 aliphatic rings. The maximum absolute atomic E-state index is 4.47. The first-order valence-corrected chi connectivity index (χ1v) is 6.02. The number of rotatable bonds is 2. The Morgan fingerprint density at radius 1 is 1.06 bits per heavy atom. The molecular weight excluding hydrogens is 232 g/mol. The molecule has 0 unspecified atom stereocenters. The Bertz CT molecular complexity index is 476. The van der Waals surface area contributed by atoms with Crippen LogP contribution in [0.2, 0.25) is 0 Å². The first-order valence-electron chi connectivity index (χ1n) is 6.02. The smallest absolute Gasteiger partial charge is 0.0700 e. The molecule has 0 spiro atoms. The molecule has 0 fully saturated rings. The van der Waals surface area contributed by atoms with Crippen molar-refractivity contribution < 1.29 is 0 Å². The van der Waals surface area contributed by atoms with Gasteiger partial charge in [0.25, 0.3) is 0 Å². The van der Waals surface area contributed by atoms with Gasteiger partial charge in [-0.25, -0.2) is 0 Å². The summed E-state index contributed by atoms with van der Waals surface area (Å²) in [6, 6.07) is 10.6. The Hall–Kier alpha value is -1.28. The van der Waals surface area contributed by atoms with Gasteiger partial charge in [0.15, 0.2) is 0 Å². The molecule has 1 aromatic heterocycles. The SMILES string of the molecule is Cl.c1ccc(Cc2n[nH]c3c2CCCC3)cc1. The van der Waals surface area contributed by atoms with Crippen molar-refractivity contribution in [3.63, 3.8) is 0 Å². The Balaban J connectivity index is 0.00000108. The second-order valence-corrected chi connectivity index (χ2v) is 4.50. The lowest BCUT2D eigenvalue weighted by Gasteiger charge is -2.11. The summed E-state index contributed by atoms with van der Waals surface area (Å²) in [6.07, 6.45) is 5.96. The number of aromatic amines is 1. The maximum atomic E-state index is 4.47. The van der Waals surface area contributed by atoms with Crippen LogP contribution in [0.4, 0.5) is 0 Å². The maximum Gasteiger partial charge on any atom is 0.0700 e. The summed E-state index contributed by atoms with van der Waals surface area (Å²) in [6.45, 7) is 0. The van der Waals surface area contributed by atoms with Gasteiger partial charge >= 0.3 is 0 Å². The summed E-state index contributed by atoms with van der Waals surface area (Å²) in [5, 5.41) is 7.66. The van der Waals surface area contributed by atoms with Crippen LogP contribution in [-0.4, -0.2) is 10.2 Å². The largest absolute Gasteiger partial charge is 0.282 e. The van der Waals surface area contributed by atoms with Crippen molar-refractivity contribution in [2.75, 3.05) is 0 Å². The Morgan fingerprint density at radius 2 is 1.82 bits per heavy atom. The van der Waals surface area contributed by atoms with Crippen LogP contribution in [0.3, 0.4) is 0 Å². The van der Waals surface area contributed by atoms with E-state index in [-0.39, 0.29) is 12.4 Å². The topological polar surface area (TPSA) is 28.7 Å². The first-order chi connectivity index (χ1) is 7.93. The molecule has 1 aromatic carbocycles. The van der Waals surface area contributed by atoms with Gasteiger partial charge < -0.3 is 0 Å². The summed E-state index contributed by atoms with van der Waals surface area (Å²) in [5.74, 6) is 0. The van der Waals surface area contributed by atoms with Crippen LogP contribution in [0.5, 0.6) is 0 Å². The summed E-state index contributed by atoms with van der Waals surface area (Å²) >= 11 is 0. The van der Waals surface area contributed by atoms with E-state index in [0.717, 1.165) is 6.42 Å². The van der Waals surface area contributed by atoms with E-state index in [1.54, 1.807) is 0 Å². The average molecular weight is 249 g/mol. The van der Waals surface area contributed by atoms with Crippen LogP contribution < -0.4 is 0 Å². The molecule has 0 saturated carbocycles. The van der Waals surface area contributed by atoms with Crippen molar-refractivity contribution >= 4 is 12.4 Å². The molecule has 0 aliphatic heterocycles. The van der Waals surface area contributed by atoms with Crippen molar-refractivity contribution in [3.05, 3.63) is 52.8 Å². The number of aryl methyl sites for hydroxylation is 1. The molecule has 0 bridgehead atoms. The van der Waals surface area contributed by atoms with Gasteiger partial charge in [0.2, 0.25) is 0 Å². The van der Waals surface area contributed by atoms with E-state index >= 15 is 0 Å². The van der Waals surface area contributed by atoms with Crippen molar-refractivity contribution in [3.8, 4) is 0 Å². The Kier molecular flexibility index (Phi) is 3.85. The summed E-state index contributed by atoms with van der Waals surface area (Å²) in [4.78, 5) is 0. The molecule has 0 amide bonds. The van der Waals surface area contributed by atoms with Gasteiger partial charge in [-0.2, -0.15) is 5.10 Å². The molecule has 2 aromatic rings. The molecule has 2 nitrogen and oxygen atoms in total. The predicted molar refractivity (Wildman–Crippen MR) is 71.7 cm³/mol. The molecule has 3 rings (SSSR count). The van der Waals surface area contributed by atoms with Gasteiger partial charge in [0.1, 0.15) is 0 Å². The van der Waals surface area contributed by atoms with Gasteiger partial charge in [-0.3, -0.25) is 5.10 Å². The summed E-state index contributed by atoms with van der Waals surface area (Å²) in [7, 11) is 0. The number of halogens is 1. The fourth-order valence-corrected chi connectivity index (χ4v) is 2.49. The monoisotopic (exact) mass is 248 g/mol. The highest BCUT2D eigenvalue weighted by atomic mass is 35.5. The van der Waals surface area contributed by atoms with Crippen molar-refractivity contribution in [2.45, 2.75) is 32.1 Å². The molecular formula is C14H17ClN2. The highest BCUT2D eigenvalue weighted by molar-refractivity contribution is 5.85. The highest BCUT2D eigenvalue weighted by Crippen LogP contribution is 2.23. The fraction of sp³-hybridized carbons (Fsp3) is 0.357. The van der Waals surface area contributed by atoms with E-state index in [1.165, 1.54) is 48.2 Å². The zero-order valence-corrected chi connectivity index (χ0v) is 10.6. The number of aromatic nitrogens is 2. The van der Waals surface area contributed by atoms with Gasteiger partial charge in [0, 0.05) is 12.1 Å². The van der Waals surface area contributed by atoms with Crippen molar-refractivity contribution in [1.82, 2.24) is 10.2 Å². The molecule has 0 atom stereocenters. The number of hydrogen-bond acceptors (Lipinski definition) is 1.